The molecule has 2 unspecified atom stereocenters. The highest BCUT2D eigenvalue weighted by molar-refractivity contribution is 7.49. The lowest BCUT2D eigenvalue weighted by atomic mass is 10.2. The number of imide groups is 1. The van der Waals surface area contributed by atoms with Crippen LogP contribution in [-0.4, -0.2) is 28.9 Å². The molecule has 1 fully saturated rings. The number of hydrogen-bond donors (Lipinski definition) is 1. The predicted molar refractivity (Wildman–Crippen MR) is 118 cm³/mol. The van der Waals surface area contributed by atoms with E-state index in [0.717, 1.165) is 10.2 Å². The van der Waals surface area contributed by atoms with Crippen LogP contribution in [0.3, 0.4) is 0 Å². The molecule has 0 bridgehead atoms. The molecular weight excluding hydrogens is 401 g/mol. The zero-order chi connectivity index (χ0) is 21.7. The molecule has 7 heteroatoms. The number of aromatic hydroxyl groups is 1. The van der Waals surface area contributed by atoms with E-state index in [1.807, 2.05) is 12.1 Å². The number of benzene rings is 2. The van der Waals surface area contributed by atoms with Gasteiger partial charge in [-0.1, -0.05) is 46.0 Å². The lowest BCUT2D eigenvalue weighted by Gasteiger charge is -2.16. The van der Waals surface area contributed by atoms with Crippen LogP contribution in [0.5, 0.6) is 11.5 Å². The summed E-state index contributed by atoms with van der Waals surface area (Å²) in [7, 11) is -0.00986. The first-order chi connectivity index (χ1) is 14.5. The average molecular weight is 421 g/mol. The molecule has 0 spiro atoms. The topological polar surface area (TPSA) is 83.9 Å². The fourth-order valence-electron chi connectivity index (χ4n) is 3.02. The van der Waals surface area contributed by atoms with Gasteiger partial charge in [0, 0.05) is 11.7 Å². The maximum Gasteiger partial charge on any atom is 0.241 e. The van der Waals surface area contributed by atoms with Crippen molar-refractivity contribution in [3.05, 3.63) is 85.2 Å². The second kappa shape index (κ2) is 9.33. The summed E-state index contributed by atoms with van der Waals surface area (Å²) in [6.45, 7) is 7.26. The molecule has 1 heterocycles. The Kier molecular flexibility index (Phi) is 6.60. The quantitative estimate of drug-likeness (QED) is 0.177. The molecule has 0 aliphatic carbocycles. The van der Waals surface area contributed by atoms with Crippen molar-refractivity contribution in [2.24, 2.45) is 0 Å². The number of carbonyl (C=O) groups is 3. The van der Waals surface area contributed by atoms with Crippen molar-refractivity contribution in [2.45, 2.75) is 12.1 Å². The van der Waals surface area contributed by atoms with Crippen LogP contribution in [0, 0.1) is 0 Å². The van der Waals surface area contributed by atoms with Crippen LogP contribution in [-0.2, 0) is 14.4 Å². The van der Waals surface area contributed by atoms with Gasteiger partial charge in [-0.15, -0.1) is 0 Å². The van der Waals surface area contributed by atoms with Gasteiger partial charge in [-0.2, -0.15) is 0 Å². The lowest BCUT2D eigenvalue weighted by Crippen LogP contribution is -2.31. The Morgan fingerprint density at radius 2 is 1.80 bits per heavy atom. The molecule has 6 nitrogen and oxygen atoms in total. The van der Waals surface area contributed by atoms with Crippen LogP contribution < -0.4 is 14.9 Å². The van der Waals surface area contributed by atoms with Gasteiger partial charge in [0.1, 0.15) is 17.3 Å². The Morgan fingerprint density at radius 1 is 1.10 bits per heavy atom. The third-order valence-corrected chi connectivity index (χ3v) is 6.03. The van der Waals surface area contributed by atoms with Gasteiger partial charge in [0.2, 0.25) is 11.8 Å². The second-order valence-corrected chi connectivity index (χ2v) is 7.95. The van der Waals surface area contributed by atoms with Gasteiger partial charge in [-0.25, -0.2) is 4.90 Å². The molecule has 1 N–H and O–H groups in total. The molecule has 0 saturated carbocycles. The molecule has 1 saturated heterocycles. The summed E-state index contributed by atoms with van der Waals surface area (Å²) in [6, 6.07) is 13.1. The van der Waals surface area contributed by atoms with Crippen molar-refractivity contribution in [1.29, 1.82) is 0 Å². The van der Waals surface area contributed by atoms with Crippen molar-refractivity contribution >= 4 is 37.7 Å². The Balaban J connectivity index is 1.84. The van der Waals surface area contributed by atoms with Gasteiger partial charge in [0.25, 0.3) is 0 Å². The Bertz CT molecular complexity index is 1030. The number of para-hydroxylation sites is 1. The van der Waals surface area contributed by atoms with E-state index in [9.17, 15) is 19.5 Å². The molecule has 30 heavy (non-hydrogen) atoms. The number of hydrogen-bond acceptors (Lipinski definition) is 5. The first kappa shape index (κ1) is 21.2. The van der Waals surface area contributed by atoms with Crippen LogP contribution in [0.2, 0.25) is 0 Å². The molecule has 2 atom stereocenters. The number of nitrogens with zero attached hydrogens (tertiary/aromatic N) is 1. The number of phenolic OH excluding ortho intramolecular Hbond substituents is 1. The molecule has 1 aliphatic heterocycles. The number of rotatable bonds is 8. The van der Waals surface area contributed by atoms with Gasteiger partial charge in [0.15, 0.2) is 6.29 Å². The molecule has 152 valence electrons. The maximum atomic E-state index is 12.9. The molecule has 2 amide bonds. The summed E-state index contributed by atoms with van der Waals surface area (Å²) < 4.78 is 5.86. The third kappa shape index (κ3) is 4.39. The van der Waals surface area contributed by atoms with Gasteiger partial charge in [0.05, 0.1) is 16.9 Å². The minimum Gasteiger partial charge on any atom is -0.508 e. The summed E-state index contributed by atoms with van der Waals surface area (Å²) in [6.07, 6.45) is 3.51. The van der Waals surface area contributed by atoms with E-state index < -0.39 is 5.66 Å². The highest BCUT2D eigenvalue weighted by atomic mass is 31.1. The molecule has 0 aromatic heterocycles. The van der Waals surface area contributed by atoms with E-state index in [1.54, 1.807) is 12.1 Å². The van der Waals surface area contributed by atoms with Crippen molar-refractivity contribution in [3.8, 4) is 11.5 Å². The van der Waals surface area contributed by atoms with Crippen LogP contribution in [0.15, 0.2) is 85.2 Å². The zero-order valence-corrected chi connectivity index (χ0v) is 17.1. The van der Waals surface area contributed by atoms with Crippen molar-refractivity contribution in [3.63, 3.8) is 0 Å². The highest BCUT2D eigenvalue weighted by Crippen LogP contribution is 2.35. The van der Waals surface area contributed by atoms with E-state index in [-0.39, 0.29) is 43.9 Å². The van der Waals surface area contributed by atoms with Gasteiger partial charge in [-0.05, 0) is 36.4 Å². The minimum absolute atomic E-state index is 0.00986. The van der Waals surface area contributed by atoms with E-state index in [4.69, 9.17) is 4.74 Å². The number of ether oxygens (including phenoxy) is 1. The normalized spacial score (nSPS) is 17.2. The summed E-state index contributed by atoms with van der Waals surface area (Å²) in [5.41, 5.74) is 0.170. The monoisotopic (exact) mass is 421 g/mol. The summed E-state index contributed by atoms with van der Waals surface area (Å²) in [5.74, 6) is 0.218. The average Bonchev–Trinajstić information content (AvgIpc) is 3.03. The smallest absolute Gasteiger partial charge is 0.241 e. The predicted octanol–water partition coefficient (Wildman–Crippen LogP) is 3.23. The van der Waals surface area contributed by atoms with Crippen LogP contribution in [0.25, 0.3) is 0 Å². The highest BCUT2D eigenvalue weighted by Gasteiger charge is 2.39. The van der Waals surface area contributed by atoms with E-state index >= 15 is 0 Å². The fourth-order valence-corrected chi connectivity index (χ4v) is 4.40. The van der Waals surface area contributed by atoms with Crippen molar-refractivity contribution < 1.29 is 24.2 Å². The Morgan fingerprint density at radius 3 is 2.43 bits per heavy atom. The summed E-state index contributed by atoms with van der Waals surface area (Å²) >= 11 is 0. The lowest BCUT2D eigenvalue weighted by molar-refractivity contribution is -0.121. The van der Waals surface area contributed by atoms with Crippen molar-refractivity contribution in [2.75, 3.05) is 4.90 Å². The van der Waals surface area contributed by atoms with E-state index in [2.05, 4.69) is 13.2 Å². The van der Waals surface area contributed by atoms with Gasteiger partial charge in [-0.3, -0.25) is 14.4 Å². The first-order valence-corrected chi connectivity index (χ1v) is 10.2. The van der Waals surface area contributed by atoms with Crippen LogP contribution in [0.1, 0.15) is 6.42 Å². The van der Waals surface area contributed by atoms with Gasteiger partial charge < -0.3 is 9.84 Å². The number of amides is 2. The second-order valence-electron chi connectivity index (χ2n) is 6.43. The number of allylic oxidation sites excluding steroid dienone is 3. The number of aldehydes is 1. The van der Waals surface area contributed by atoms with Crippen LogP contribution in [0.4, 0.5) is 5.69 Å². The SMILES string of the molecule is C=C/C(C=O)=C(\C=C)Oc1ccccc1PC1CC(=O)N(c2ccc(O)cc2)C1=O. The molecule has 3 rings (SSSR count). The molecule has 2 aromatic rings. The Labute approximate surface area is 175 Å². The fraction of sp³-hybridized carbons (Fsp3) is 0.0870. The standard InChI is InChI=1S/C23H20NO5P/c1-3-15(14-25)18(4-2)29-19-7-5-6-8-20(19)30-21-13-22(27)24(23(21)28)16-9-11-17(26)12-10-16/h3-12,14,21,26,30H,1-2,13H2/b18-15-. The largest absolute Gasteiger partial charge is 0.508 e. The first-order valence-electron chi connectivity index (χ1n) is 9.12. The number of carbonyl (C=O) groups excluding carboxylic acids is 3. The third-order valence-electron chi connectivity index (χ3n) is 4.51. The Hall–Kier alpha value is -3.50. The van der Waals surface area contributed by atoms with Crippen molar-refractivity contribution in [1.82, 2.24) is 0 Å². The molecular formula is C23H20NO5P. The maximum absolute atomic E-state index is 12.9. The van der Waals surface area contributed by atoms with E-state index in [1.165, 1.54) is 36.4 Å². The van der Waals surface area contributed by atoms with Gasteiger partial charge >= 0.3 is 0 Å². The zero-order valence-electron chi connectivity index (χ0n) is 16.1. The van der Waals surface area contributed by atoms with Crippen LogP contribution >= 0.6 is 8.58 Å². The molecule has 0 radical (unpaired) electrons. The molecule has 1 aliphatic rings. The minimum atomic E-state index is -0.517. The number of phenols is 1. The summed E-state index contributed by atoms with van der Waals surface area (Å²) in [5, 5.41) is 10.2. The summed E-state index contributed by atoms with van der Waals surface area (Å²) in [4.78, 5) is 37.8. The molecule has 2 aromatic carbocycles. The van der Waals surface area contributed by atoms with E-state index in [0.29, 0.717) is 17.7 Å². The number of anilines is 1.